The van der Waals surface area contributed by atoms with Crippen LogP contribution < -0.4 is 0 Å². The molecule has 1 aromatic carbocycles. The third-order valence-electron chi connectivity index (χ3n) is 2.77. The summed E-state index contributed by atoms with van der Waals surface area (Å²) in [5.41, 5.74) is 1.29. The van der Waals surface area contributed by atoms with E-state index in [4.69, 9.17) is 14.8 Å². The van der Waals surface area contributed by atoms with Crippen LogP contribution in [0.25, 0.3) is 11.5 Å². The van der Waals surface area contributed by atoms with Gasteiger partial charge in [-0.05, 0) is 30.2 Å². The van der Waals surface area contributed by atoms with E-state index in [0.29, 0.717) is 23.8 Å². The number of carbonyl (C=O) groups is 1. The quantitative estimate of drug-likeness (QED) is 0.895. The Morgan fingerprint density at radius 3 is 2.70 bits per heavy atom. The van der Waals surface area contributed by atoms with Crippen molar-refractivity contribution >= 4 is 5.97 Å². The van der Waals surface area contributed by atoms with Gasteiger partial charge in [-0.15, -0.1) is 10.2 Å². The van der Waals surface area contributed by atoms with Crippen molar-refractivity contribution in [2.24, 2.45) is 5.92 Å². The summed E-state index contributed by atoms with van der Waals surface area (Å²) in [5, 5.41) is 25.3. The molecular weight excluding hydrogens is 258 g/mol. The molecule has 0 saturated heterocycles. The van der Waals surface area contributed by atoms with Crippen molar-refractivity contribution < 1.29 is 14.3 Å². The fourth-order valence-electron chi connectivity index (χ4n) is 1.81. The van der Waals surface area contributed by atoms with Crippen LogP contribution in [-0.4, -0.2) is 21.3 Å². The summed E-state index contributed by atoms with van der Waals surface area (Å²) >= 11 is 0. The fraction of sp³-hybridized carbons (Fsp3) is 0.286. The molecule has 1 N–H and O–H groups in total. The van der Waals surface area contributed by atoms with Gasteiger partial charge in [0.1, 0.15) is 0 Å². The first-order chi connectivity index (χ1) is 9.58. The van der Waals surface area contributed by atoms with E-state index in [1.54, 1.807) is 24.3 Å². The highest BCUT2D eigenvalue weighted by atomic mass is 16.4. The van der Waals surface area contributed by atoms with Crippen molar-refractivity contribution in [2.45, 2.75) is 19.8 Å². The van der Waals surface area contributed by atoms with E-state index in [9.17, 15) is 4.79 Å². The number of rotatable bonds is 5. The zero-order valence-electron chi connectivity index (χ0n) is 10.9. The van der Waals surface area contributed by atoms with Crippen molar-refractivity contribution in [3.8, 4) is 17.5 Å². The monoisotopic (exact) mass is 271 g/mol. The van der Waals surface area contributed by atoms with Gasteiger partial charge < -0.3 is 9.52 Å². The molecule has 6 nitrogen and oxygen atoms in total. The van der Waals surface area contributed by atoms with E-state index in [1.165, 1.54) is 0 Å². The minimum atomic E-state index is -0.843. The molecule has 0 saturated carbocycles. The summed E-state index contributed by atoms with van der Waals surface area (Å²) in [6.45, 7) is 1.82. The molecule has 0 aliphatic heterocycles. The number of aromatic nitrogens is 2. The van der Waals surface area contributed by atoms with Crippen molar-refractivity contribution in [3.63, 3.8) is 0 Å². The van der Waals surface area contributed by atoms with Gasteiger partial charge >= 0.3 is 5.97 Å². The average molecular weight is 271 g/mol. The zero-order valence-corrected chi connectivity index (χ0v) is 10.9. The molecule has 1 atom stereocenters. The topological polar surface area (TPSA) is 100 Å². The Balaban J connectivity index is 2.08. The molecule has 0 bridgehead atoms. The Morgan fingerprint density at radius 1 is 1.40 bits per heavy atom. The molecule has 0 amide bonds. The van der Waals surface area contributed by atoms with Crippen LogP contribution in [0.4, 0.5) is 0 Å². The van der Waals surface area contributed by atoms with E-state index >= 15 is 0 Å². The third-order valence-corrected chi connectivity index (χ3v) is 2.77. The van der Waals surface area contributed by atoms with Crippen molar-refractivity contribution in [3.05, 3.63) is 35.7 Å². The van der Waals surface area contributed by atoms with Gasteiger partial charge in [-0.1, -0.05) is 6.92 Å². The zero-order chi connectivity index (χ0) is 14.5. The summed E-state index contributed by atoms with van der Waals surface area (Å²) in [6, 6.07) is 8.84. The molecule has 2 rings (SSSR count). The molecule has 1 heterocycles. The van der Waals surface area contributed by atoms with Gasteiger partial charge in [0.2, 0.25) is 11.8 Å². The fourth-order valence-corrected chi connectivity index (χ4v) is 1.81. The number of hydrogen-bond donors (Lipinski definition) is 1. The molecule has 6 heteroatoms. The summed E-state index contributed by atoms with van der Waals surface area (Å²) < 4.78 is 5.50. The summed E-state index contributed by atoms with van der Waals surface area (Å²) in [7, 11) is 0. The molecule has 0 radical (unpaired) electrons. The molecule has 1 unspecified atom stereocenters. The van der Waals surface area contributed by atoms with Crippen LogP contribution in [0.2, 0.25) is 0 Å². The Hall–Kier alpha value is -2.68. The molecule has 0 aliphatic carbocycles. The molecule has 0 spiro atoms. The lowest BCUT2D eigenvalue weighted by atomic mass is 10.0. The van der Waals surface area contributed by atoms with Gasteiger partial charge in [0.05, 0.1) is 11.6 Å². The smallest absolute Gasteiger partial charge is 0.303 e. The number of aliphatic carboxylic acids is 1. The number of nitrogens with zero attached hydrogens (tertiary/aromatic N) is 3. The first-order valence-corrected chi connectivity index (χ1v) is 6.13. The molecule has 20 heavy (non-hydrogen) atoms. The Labute approximate surface area is 115 Å². The van der Waals surface area contributed by atoms with Gasteiger partial charge in [-0.2, -0.15) is 5.26 Å². The molecular formula is C14H13N3O3. The lowest BCUT2D eigenvalue weighted by Crippen LogP contribution is -2.07. The maximum Gasteiger partial charge on any atom is 0.303 e. The average Bonchev–Trinajstić information content (AvgIpc) is 2.86. The predicted molar refractivity (Wildman–Crippen MR) is 69.6 cm³/mol. The summed E-state index contributed by atoms with van der Waals surface area (Å²) in [6.07, 6.45) is 0.490. The number of carboxylic acids is 1. The van der Waals surface area contributed by atoms with Gasteiger partial charge in [0.25, 0.3) is 0 Å². The number of hydrogen-bond acceptors (Lipinski definition) is 5. The largest absolute Gasteiger partial charge is 0.481 e. The van der Waals surface area contributed by atoms with Crippen LogP contribution in [0.15, 0.2) is 28.7 Å². The van der Waals surface area contributed by atoms with Crippen molar-refractivity contribution in [2.75, 3.05) is 0 Å². The SMILES string of the molecule is CC(CC(=O)O)Cc1nnc(-c2ccc(C#N)cc2)o1. The van der Waals surface area contributed by atoms with Crippen LogP contribution >= 0.6 is 0 Å². The lowest BCUT2D eigenvalue weighted by molar-refractivity contribution is -0.137. The second-order valence-corrected chi connectivity index (χ2v) is 4.60. The van der Waals surface area contributed by atoms with Gasteiger partial charge in [0.15, 0.2) is 0 Å². The van der Waals surface area contributed by atoms with Crippen LogP contribution in [0.3, 0.4) is 0 Å². The highest BCUT2D eigenvalue weighted by Gasteiger charge is 2.14. The molecule has 0 aliphatic rings. The third kappa shape index (κ3) is 3.42. The van der Waals surface area contributed by atoms with Gasteiger partial charge in [-0.3, -0.25) is 4.79 Å². The van der Waals surface area contributed by atoms with Crippen LogP contribution in [0, 0.1) is 17.2 Å². The first-order valence-electron chi connectivity index (χ1n) is 6.13. The highest BCUT2D eigenvalue weighted by Crippen LogP contribution is 2.20. The second-order valence-electron chi connectivity index (χ2n) is 4.60. The van der Waals surface area contributed by atoms with E-state index in [1.807, 2.05) is 13.0 Å². The standard InChI is InChI=1S/C14H13N3O3/c1-9(7-13(18)19)6-12-16-17-14(20-12)11-4-2-10(8-15)3-5-11/h2-5,9H,6-7H2,1H3,(H,18,19). The Bertz CT molecular complexity index is 640. The number of benzene rings is 1. The van der Waals surface area contributed by atoms with Crippen molar-refractivity contribution in [1.29, 1.82) is 5.26 Å². The molecule has 2 aromatic rings. The van der Waals surface area contributed by atoms with E-state index < -0.39 is 5.97 Å². The molecule has 0 fully saturated rings. The Morgan fingerprint density at radius 2 is 2.10 bits per heavy atom. The van der Waals surface area contributed by atoms with E-state index in [2.05, 4.69) is 10.2 Å². The number of carboxylic acid groups (broad SMARTS) is 1. The van der Waals surface area contributed by atoms with Gasteiger partial charge in [0, 0.05) is 18.4 Å². The Kier molecular flexibility index (Phi) is 4.11. The van der Waals surface area contributed by atoms with Crippen LogP contribution in [-0.2, 0) is 11.2 Å². The van der Waals surface area contributed by atoms with E-state index in [-0.39, 0.29) is 12.3 Å². The maximum absolute atomic E-state index is 10.6. The van der Waals surface area contributed by atoms with Crippen molar-refractivity contribution in [1.82, 2.24) is 10.2 Å². The second kappa shape index (κ2) is 5.97. The highest BCUT2D eigenvalue weighted by molar-refractivity contribution is 5.66. The summed E-state index contributed by atoms with van der Waals surface area (Å²) in [4.78, 5) is 10.6. The van der Waals surface area contributed by atoms with Crippen LogP contribution in [0.5, 0.6) is 0 Å². The minimum Gasteiger partial charge on any atom is -0.481 e. The first kappa shape index (κ1) is 13.7. The lowest BCUT2D eigenvalue weighted by Gasteiger charge is -2.03. The predicted octanol–water partition coefficient (Wildman–Crippen LogP) is 2.26. The van der Waals surface area contributed by atoms with Gasteiger partial charge in [-0.25, -0.2) is 0 Å². The normalized spacial score (nSPS) is 11.8. The number of nitriles is 1. The molecule has 102 valence electrons. The van der Waals surface area contributed by atoms with E-state index in [0.717, 1.165) is 5.56 Å². The summed E-state index contributed by atoms with van der Waals surface area (Å²) in [5.74, 6) is -0.128. The molecule has 1 aromatic heterocycles. The minimum absolute atomic E-state index is 0.0641. The maximum atomic E-state index is 10.6. The van der Waals surface area contributed by atoms with Crippen LogP contribution in [0.1, 0.15) is 24.8 Å².